The molecule has 0 aromatic rings. The van der Waals surface area contributed by atoms with Crippen molar-refractivity contribution in [1.82, 2.24) is 5.32 Å². The Labute approximate surface area is 95.4 Å². The first-order valence-corrected chi connectivity index (χ1v) is 4.47. The molecule has 17 heavy (non-hydrogen) atoms. The van der Waals surface area contributed by atoms with Crippen LogP contribution in [0.3, 0.4) is 0 Å². The molecule has 102 valence electrons. The van der Waals surface area contributed by atoms with Crippen molar-refractivity contribution in [3.05, 3.63) is 0 Å². The summed E-state index contributed by atoms with van der Waals surface area (Å²) in [5, 5.41) is 17.4. The third-order valence-corrected chi connectivity index (χ3v) is 1.16. The maximum absolute atomic E-state index is 10.7. The predicted molar refractivity (Wildman–Crippen MR) is 50.4 cm³/mol. The monoisotopic (exact) mass is 261 g/mol. The number of ether oxygens (including phenoxy) is 1. The minimum atomic E-state index is -4.40. The minimum absolute atomic E-state index is 0.254. The van der Waals surface area contributed by atoms with E-state index in [1.165, 1.54) is 6.92 Å². The molecule has 1 amide bonds. The van der Waals surface area contributed by atoms with Gasteiger partial charge < -0.3 is 20.3 Å². The van der Waals surface area contributed by atoms with E-state index in [4.69, 9.17) is 10.2 Å². The van der Waals surface area contributed by atoms with Crippen molar-refractivity contribution < 1.29 is 37.7 Å². The van der Waals surface area contributed by atoms with Crippen molar-refractivity contribution in [2.45, 2.75) is 26.1 Å². The third kappa shape index (κ3) is 14.5. The third-order valence-electron chi connectivity index (χ3n) is 1.16. The molecule has 0 aliphatic rings. The Bertz CT molecular complexity index is 244. The smallest absolute Gasteiger partial charge is 0.411 e. The number of nitrogens with one attached hydrogen (secondary N) is 1. The molecule has 0 aromatic heterocycles. The van der Waals surface area contributed by atoms with E-state index in [1.54, 1.807) is 6.92 Å². The molecule has 0 saturated heterocycles. The van der Waals surface area contributed by atoms with Crippen molar-refractivity contribution in [3.63, 3.8) is 0 Å². The molecule has 3 N–H and O–H groups in total. The molecule has 0 aliphatic carbocycles. The number of carboxylic acid groups (broad SMARTS) is 1. The molecule has 6 nitrogen and oxygen atoms in total. The second-order valence-electron chi connectivity index (χ2n) is 2.70. The van der Waals surface area contributed by atoms with Crippen LogP contribution in [0.15, 0.2) is 0 Å². The van der Waals surface area contributed by atoms with E-state index < -0.39 is 30.9 Å². The molecule has 0 spiro atoms. The maximum Gasteiger partial charge on any atom is 0.411 e. The minimum Gasteiger partial charge on any atom is -0.465 e. The summed E-state index contributed by atoms with van der Waals surface area (Å²) in [6.45, 7) is 1.61. The Morgan fingerprint density at radius 1 is 1.41 bits per heavy atom. The lowest BCUT2D eigenvalue weighted by atomic mass is 10.3. The highest BCUT2D eigenvalue weighted by Crippen LogP contribution is 2.11. The number of rotatable bonds is 3. The van der Waals surface area contributed by atoms with Crippen molar-refractivity contribution in [1.29, 1.82) is 0 Å². The second-order valence-corrected chi connectivity index (χ2v) is 2.70. The van der Waals surface area contributed by atoms with Crippen molar-refractivity contribution in [2.75, 3.05) is 13.2 Å². The van der Waals surface area contributed by atoms with Gasteiger partial charge in [-0.1, -0.05) is 0 Å². The molecule has 9 heteroatoms. The highest BCUT2D eigenvalue weighted by molar-refractivity contribution is 5.80. The molecule has 0 fully saturated rings. The van der Waals surface area contributed by atoms with Crippen LogP contribution in [0, 0.1) is 0 Å². The highest BCUT2D eigenvalue weighted by atomic mass is 19.4. The SMILES string of the molecule is CCOC(=O)C(C)NC(=O)O.OCC(F)(F)F. The van der Waals surface area contributed by atoms with Gasteiger partial charge in [0.1, 0.15) is 12.6 Å². The van der Waals surface area contributed by atoms with Crippen molar-refractivity contribution in [2.24, 2.45) is 0 Å². The van der Waals surface area contributed by atoms with E-state index in [0.29, 0.717) is 0 Å². The Morgan fingerprint density at radius 2 is 1.82 bits per heavy atom. The summed E-state index contributed by atoms with van der Waals surface area (Å²) < 4.78 is 36.1. The zero-order valence-corrected chi connectivity index (χ0v) is 9.24. The summed E-state index contributed by atoms with van der Waals surface area (Å²) in [6.07, 6.45) is -5.63. The number of hydrogen-bond acceptors (Lipinski definition) is 4. The molecule has 0 bridgehead atoms. The van der Waals surface area contributed by atoms with Gasteiger partial charge in [0.05, 0.1) is 6.61 Å². The highest BCUT2D eigenvalue weighted by Gasteiger charge is 2.24. The molecule has 0 saturated carbocycles. The van der Waals surface area contributed by atoms with Crippen LogP contribution in [0.25, 0.3) is 0 Å². The van der Waals surface area contributed by atoms with Gasteiger partial charge in [-0.15, -0.1) is 0 Å². The van der Waals surface area contributed by atoms with Gasteiger partial charge in [-0.25, -0.2) is 9.59 Å². The van der Waals surface area contributed by atoms with Gasteiger partial charge in [0.15, 0.2) is 0 Å². The normalized spacial score (nSPS) is 11.9. The van der Waals surface area contributed by atoms with Gasteiger partial charge in [0.2, 0.25) is 0 Å². The Morgan fingerprint density at radius 3 is 2.06 bits per heavy atom. The molecule has 0 radical (unpaired) electrons. The summed E-state index contributed by atoms with van der Waals surface area (Å²) in [5.41, 5.74) is 0. The first-order valence-electron chi connectivity index (χ1n) is 4.47. The van der Waals surface area contributed by atoms with E-state index in [1.807, 2.05) is 5.32 Å². The molecule has 0 aliphatic heterocycles. The Balaban J connectivity index is 0. The number of hydrogen-bond donors (Lipinski definition) is 3. The fourth-order valence-corrected chi connectivity index (χ4v) is 0.511. The summed E-state index contributed by atoms with van der Waals surface area (Å²) in [5.74, 6) is -0.560. The van der Waals surface area contributed by atoms with E-state index >= 15 is 0 Å². The van der Waals surface area contributed by atoms with E-state index in [0.717, 1.165) is 0 Å². The number of aliphatic hydroxyl groups excluding tert-OH is 1. The van der Waals surface area contributed by atoms with Gasteiger partial charge in [-0.2, -0.15) is 13.2 Å². The molecule has 0 rings (SSSR count). The van der Waals surface area contributed by atoms with Crippen LogP contribution in [0.1, 0.15) is 13.8 Å². The van der Waals surface area contributed by atoms with Gasteiger partial charge in [-0.05, 0) is 13.8 Å². The lowest BCUT2D eigenvalue weighted by molar-refractivity contribution is -0.159. The van der Waals surface area contributed by atoms with E-state index in [-0.39, 0.29) is 6.61 Å². The van der Waals surface area contributed by atoms with Crippen LogP contribution < -0.4 is 5.32 Å². The average Bonchev–Trinajstić information content (AvgIpc) is 2.17. The lowest BCUT2D eigenvalue weighted by Gasteiger charge is -2.08. The number of halogens is 3. The summed E-state index contributed by atoms with van der Waals surface area (Å²) in [7, 11) is 0. The molecule has 0 aromatic carbocycles. The maximum atomic E-state index is 10.7. The number of carbonyl (C=O) groups excluding carboxylic acids is 1. The van der Waals surface area contributed by atoms with Crippen LogP contribution in [0.5, 0.6) is 0 Å². The van der Waals surface area contributed by atoms with Gasteiger partial charge >= 0.3 is 18.2 Å². The average molecular weight is 261 g/mol. The zero-order chi connectivity index (χ0) is 14.1. The van der Waals surface area contributed by atoms with E-state index in [9.17, 15) is 22.8 Å². The molecule has 0 heterocycles. The fraction of sp³-hybridized carbons (Fsp3) is 0.750. The standard InChI is InChI=1S/C6H11NO4.C2H3F3O/c1-3-11-5(8)4(2)7-6(9)10;3-2(4,5)1-6/h4,7H,3H2,1-2H3,(H,9,10);6H,1H2. The first kappa shape index (κ1) is 17.9. The molecular formula is C8H14F3NO5. The number of esters is 1. The topological polar surface area (TPSA) is 95.9 Å². The zero-order valence-electron chi connectivity index (χ0n) is 9.24. The van der Waals surface area contributed by atoms with Gasteiger partial charge in [0, 0.05) is 0 Å². The largest absolute Gasteiger partial charge is 0.465 e. The summed E-state index contributed by atoms with van der Waals surface area (Å²) in [6, 6.07) is -0.799. The number of aliphatic hydroxyl groups is 1. The van der Waals surface area contributed by atoms with Crippen LogP contribution in [-0.4, -0.2) is 47.7 Å². The van der Waals surface area contributed by atoms with Crippen LogP contribution in [0.4, 0.5) is 18.0 Å². The number of carbonyl (C=O) groups is 2. The van der Waals surface area contributed by atoms with Crippen LogP contribution >= 0.6 is 0 Å². The fourth-order valence-electron chi connectivity index (χ4n) is 0.511. The van der Waals surface area contributed by atoms with E-state index in [2.05, 4.69) is 4.74 Å². The predicted octanol–water partition coefficient (Wildman–Crippen LogP) is 0.747. The summed E-state index contributed by atoms with van der Waals surface area (Å²) in [4.78, 5) is 20.7. The van der Waals surface area contributed by atoms with Crippen LogP contribution in [0.2, 0.25) is 0 Å². The Hall–Kier alpha value is -1.51. The van der Waals surface area contributed by atoms with Gasteiger partial charge in [0.25, 0.3) is 0 Å². The van der Waals surface area contributed by atoms with Gasteiger partial charge in [-0.3, -0.25) is 0 Å². The summed E-state index contributed by atoms with van der Waals surface area (Å²) >= 11 is 0. The first-order chi connectivity index (χ1) is 7.64. The molecule has 1 atom stereocenters. The quantitative estimate of drug-likeness (QED) is 0.651. The number of amides is 1. The number of alkyl halides is 3. The van der Waals surface area contributed by atoms with Crippen LogP contribution in [-0.2, 0) is 9.53 Å². The molecular weight excluding hydrogens is 247 g/mol. The molecule has 1 unspecified atom stereocenters. The lowest BCUT2D eigenvalue weighted by Crippen LogP contribution is -2.38. The van der Waals surface area contributed by atoms with Crippen molar-refractivity contribution >= 4 is 12.1 Å². The Kier molecular flexibility index (Phi) is 9.06. The second kappa shape index (κ2) is 8.62. The van der Waals surface area contributed by atoms with Crippen molar-refractivity contribution in [3.8, 4) is 0 Å².